The Bertz CT molecular complexity index is 225. The van der Waals surface area contributed by atoms with Crippen LogP contribution < -0.4 is 5.32 Å². The first-order chi connectivity index (χ1) is 7.63. The van der Waals surface area contributed by atoms with Crippen molar-refractivity contribution in [3.8, 4) is 0 Å². The molecule has 0 heterocycles. The van der Waals surface area contributed by atoms with Gasteiger partial charge in [-0.05, 0) is 31.7 Å². The van der Waals surface area contributed by atoms with Gasteiger partial charge >= 0.3 is 5.97 Å². The van der Waals surface area contributed by atoms with Gasteiger partial charge in [-0.1, -0.05) is 22.4 Å². The van der Waals surface area contributed by atoms with Crippen molar-refractivity contribution in [3.05, 3.63) is 0 Å². The number of aliphatic hydroxyl groups is 1. The number of alkyl halides is 1. The molecule has 1 aliphatic carbocycles. The maximum Gasteiger partial charge on any atom is 0.320 e. The van der Waals surface area contributed by atoms with E-state index < -0.39 is 0 Å². The van der Waals surface area contributed by atoms with Crippen LogP contribution in [0.2, 0.25) is 0 Å². The number of esters is 1. The van der Waals surface area contributed by atoms with Gasteiger partial charge in [0, 0.05) is 6.54 Å². The third-order valence-corrected chi connectivity index (χ3v) is 3.67. The summed E-state index contributed by atoms with van der Waals surface area (Å²) >= 11 is 3.25. The largest absolute Gasteiger partial charge is 0.468 e. The second-order valence-corrected chi connectivity index (χ2v) is 5.44. The topological polar surface area (TPSA) is 58.6 Å². The van der Waals surface area contributed by atoms with Gasteiger partial charge in [0.1, 0.15) is 4.83 Å². The molecule has 0 aromatic rings. The number of ether oxygens (including phenoxy) is 1. The minimum absolute atomic E-state index is 0.138. The fourth-order valence-corrected chi connectivity index (χ4v) is 2.49. The Kier molecular flexibility index (Phi) is 6.31. The molecule has 16 heavy (non-hydrogen) atoms. The van der Waals surface area contributed by atoms with Gasteiger partial charge in [0.15, 0.2) is 0 Å². The lowest BCUT2D eigenvalue weighted by Gasteiger charge is -2.26. The zero-order valence-electron chi connectivity index (χ0n) is 9.62. The summed E-state index contributed by atoms with van der Waals surface area (Å²) in [6, 6.07) is 0. The van der Waals surface area contributed by atoms with Gasteiger partial charge in [0.05, 0.1) is 13.2 Å². The number of methoxy groups -OCH3 is 1. The first-order valence-electron chi connectivity index (χ1n) is 5.74. The molecular weight excluding hydrogens is 274 g/mol. The number of carbonyl (C=O) groups excluding carboxylic acids is 1. The van der Waals surface area contributed by atoms with Gasteiger partial charge in [-0.2, -0.15) is 0 Å². The molecule has 1 saturated carbocycles. The SMILES string of the molecule is COC(=O)C(Br)CNCC1CCCC(O)C1. The normalized spacial score (nSPS) is 27.4. The third kappa shape index (κ3) is 4.80. The van der Waals surface area contributed by atoms with Crippen molar-refractivity contribution in [1.29, 1.82) is 0 Å². The molecular formula is C11H20BrNO3. The number of rotatable bonds is 5. The zero-order chi connectivity index (χ0) is 12.0. The molecule has 0 radical (unpaired) electrons. The van der Waals surface area contributed by atoms with Crippen LogP contribution in [0.25, 0.3) is 0 Å². The van der Waals surface area contributed by atoms with Crippen LogP contribution >= 0.6 is 15.9 Å². The molecule has 0 aromatic carbocycles. The van der Waals surface area contributed by atoms with E-state index in [1.165, 1.54) is 7.11 Å². The van der Waals surface area contributed by atoms with E-state index in [-0.39, 0.29) is 16.9 Å². The molecule has 1 rings (SSSR count). The van der Waals surface area contributed by atoms with E-state index in [0.29, 0.717) is 12.5 Å². The Hall–Kier alpha value is -0.130. The fraction of sp³-hybridized carbons (Fsp3) is 0.909. The molecule has 0 saturated heterocycles. The summed E-state index contributed by atoms with van der Waals surface area (Å²) in [7, 11) is 1.38. The quantitative estimate of drug-likeness (QED) is 0.588. The molecule has 94 valence electrons. The van der Waals surface area contributed by atoms with Gasteiger partial charge in [0.25, 0.3) is 0 Å². The smallest absolute Gasteiger partial charge is 0.320 e. The highest BCUT2D eigenvalue weighted by Crippen LogP contribution is 2.23. The molecule has 3 atom stereocenters. The lowest BCUT2D eigenvalue weighted by molar-refractivity contribution is -0.139. The average Bonchev–Trinajstić information content (AvgIpc) is 2.28. The van der Waals surface area contributed by atoms with Crippen molar-refractivity contribution < 1.29 is 14.6 Å². The molecule has 0 spiro atoms. The maximum atomic E-state index is 11.1. The monoisotopic (exact) mass is 293 g/mol. The van der Waals surface area contributed by atoms with E-state index in [2.05, 4.69) is 26.0 Å². The van der Waals surface area contributed by atoms with Crippen molar-refractivity contribution in [2.75, 3.05) is 20.2 Å². The van der Waals surface area contributed by atoms with Crippen LogP contribution in [0.3, 0.4) is 0 Å². The van der Waals surface area contributed by atoms with Crippen LogP contribution in [0.5, 0.6) is 0 Å². The summed E-state index contributed by atoms with van der Waals surface area (Å²) < 4.78 is 4.61. The molecule has 4 nitrogen and oxygen atoms in total. The van der Waals surface area contributed by atoms with Crippen molar-refractivity contribution >= 4 is 21.9 Å². The number of hydrogen-bond acceptors (Lipinski definition) is 4. The van der Waals surface area contributed by atoms with Crippen molar-refractivity contribution in [2.24, 2.45) is 5.92 Å². The van der Waals surface area contributed by atoms with Gasteiger partial charge in [-0.3, -0.25) is 4.79 Å². The summed E-state index contributed by atoms with van der Waals surface area (Å²) in [4.78, 5) is 10.8. The molecule has 5 heteroatoms. The highest BCUT2D eigenvalue weighted by Gasteiger charge is 2.20. The lowest BCUT2D eigenvalue weighted by atomic mass is 9.87. The van der Waals surface area contributed by atoms with E-state index in [9.17, 15) is 9.90 Å². The summed E-state index contributed by atoms with van der Waals surface area (Å²) in [6.07, 6.45) is 3.93. The highest BCUT2D eigenvalue weighted by molar-refractivity contribution is 9.10. The minimum atomic E-state index is -0.286. The van der Waals surface area contributed by atoms with Crippen LogP contribution in [0.1, 0.15) is 25.7 Å². The van der Waals surface area contributed by atoms with E-state index in [1.54, 1.807) is 0 Å². The van der Waals surface area contributed by atoms with Crippen LogP contribution in [-0.4, -0.2) is 42.2 Å². The Labute approximate surface area is 105 Å². The van der Waals surface area contributed by atoms with E-state index in [1.807, 2.05) is 0 Å². The molecule has 1 aliphatic rings. The molecule has 0 bridgehead atoms. The minimum Gasteiger partial charge on any atom is -0.468 e. The maximum absolute atomic E-state index is 11.1. The molecule has 1 fully saturated rings. The lowest BCUT2D eigenvalue weighted by Crippen LogP contribution is -2.35. The van der Waals surface area contributed by atoms with Gasteiger partial charge < -0.3 is 15.2 Å². The predicted octanol–water partition coefficient (Wildman–Crippen LogP) is 1.06. The van der Waals surface area contributed by atoms with Crippen molar-refractivity contribution in [3.63, 3.8) is 0 Å². The zero-order valence-corrected chi connectivity index (χ0v) is 11.2. The second-order valence-electron chi connectivity index (χ2n) is 4.34. The number of aliphatic hydroxyl groups excluding tert-OH is 1. The number of nitrogens with one attached hydrogen (secondary N) is 1. The number of hydrogen-bond donors (Lipinski definition) is 2. The van der Waals surface area contributed by atoms with Gasteiger partial charge in [-0.25, -0.2) is 0 Å². The molecule has 0 aliphatic heterocycles. The van der Waals surface area contributed by atoms with Crippen LogP contribution in [0, 0.1) is 5.92 Å². The molecule has 0 aromatic heterocycles. The summed E-state index contributed by atoms with van der Waals surface area (Å²) in [5.74, 6) is 0.275. The van der Waals surface area contributed by atoms with E-state index in [4.69, 9.17) is 0 Å². The van der Waals surface area contributed by atoms with E-state index >= 15 is 0 Å². The summed E-state index contributed by atoms with van der Waals surface area (Å²) in [5, 5.41) is 12.7. The fourth-order valence-electron chi connectivity index (χ4n) is 2.07. The molecule has 2 N–H and O–H groups in total. The highest BCUT2D eigenvalue weighted by atomic mass is 79.9. The van der Waals surface area contributed by atoms with Gasteiger partial charge in [-0.15, -0.1) is 0 Å². The number of halogens is 1. The van der Waals surface area contributed by atoms with Crippen LogP contribution in [-0.2, 0) is 9.53 Å². The van der Waals surface area contributed by atoms with Crippen LogP contribution in [0.4, 0.5) is 0 Å². The Balaban J connectivity index is 2.12. The van der Waals surface area contributed by atoms with Gasteiger partial charge in [0.2, 0.25) is 0 Å². The molecule has 0 amide bonds. The third-order valence-electron chi connectivity index (χ3n) is 2.97. The van der Waals surface area contributed by atoms with Crippen LogP contribution in [0.15, 0.2) is 0 Å². The van der Waals surface area contributed by atoms with Crippen molar-refractivity contribution in [1.82, 2.24) is 5.32 Å². The summed E-state index contributed by atoms with van der Waals surface area (Å²) in [5.41, 5.74) is 0. The Morgan fingerprint density at radius 3 is 3.00 bits per heavy atom. The Morgan fingerprint density at radius 2 is 2.38 bits per heavy atom. The average molecular weight is 294 g/mol. The standard InChI is InChI=1S/C11H20BrNO3/c1-16-11(15)10(12)7-13-6-8-3-2-4-9(14)5-8/h8-10,13-14H,2-7H2,1H3. The summed E-state index contributed by atoms with van der Waals surface area (Å²) in [6.45, 7) is 1.43. The predicted molar refractivity (Wildman–Crippen MR) is 65.6 cm³/mol. The molecule has 3 unspecified atom stereocenters. The second kappa shape index (κ2) is 7.25. The first kappa shape index (κ1) is 13.9. The Morgan fingerprint density at radius 1 is 1.62 bits per heavy atom. The van der Waals surface area contributed by atoms with Crippen molar-refractivity contribution in [2.45, 2.75) is 36.6 Å². The first-order valence-corrected chi connectivity index (χ1v) is 6.65. The van der Waals surface area contributed by atoms with E-state index in [0.717, 1.165) is 32.2 Å². The number of carbonyl (C=O) groups is 1.